The molecule has 0 radical (unpaired) electrons. The highest BCUT2D eigenvalue weighted by Crippen LogP contribution is 2.34. The summed E-state index contributed by atoms with van der Waals surface area (Å²) in [6, 6.07) is 7.17. The Morgan fingerprint density at radius 3 is 2.68 bits per heavy atom. The average Bonchev–Trinajstić information content (AvgIpc) is 3.14. The minimum Gasteiger partial charge on any atom is -0.505 e. The molecule has 3 rings (SSSR count). The van der Waals surface area contributed by atoms with Gasteiger partial charge in [0, 0.05) is 5.56 Å². The van der Waals surface area contributed by atoms with Crippen LogP contribution < -0.4 is 0 Å². The minimum absolute atomic E-state index is 0.0812. The third kappa shape index (κ3) is 3.84. The number of phenolic OH excluding ortho intramolecular Hbond substituents is 1. The molecule has 144 valence electrons. The Labute approximate surface area is 166 Å². The van der Waals surface area contributed by atoms with E-state index in [0.29, 0.717) is 22.7 Å². The SMILES string of the molecule is [C-]#[N+]c1ccc(C[C@@H](c2nnc(-c3ccc(O)c(F)c3)o2)[C@H](C)O)c(C)c1Cl. The van der Waals surface area contributed by atoms with Crippen LogP contribution in [0.15, 0.2) is 34.7 Å². The number of nitrogens with zero attached hydrogens (tertiary/aromatic N) is 3. The van der Waals surface area contributed by atoms with E-state index in [2.05, 4.69) is 15.0 Å². The molecule has 0 unspecified atom stereocenters. The number of hydrogen-bond acceptors (Lipinski definition) is 5. The van der Waals surface area contributed by atoms with Crippen LogP contribution in [0.3, 0.4) is 0 Å². The lowest BCUT2D eigenvalue weighted by Gasteiger charge is -2.18. The van der Waals surface area contributed by atoms with E-state index in [1.165, 1.54) is 12.1 Å². The van der Waals surface area contributed by atoms with Crippen molar-refractivity contribution in [1.29, 1.82) is 0 Å². The van der Waals surface area contributed by atoms with Gasteiger partial charge in [0.15, 0.2) is 11.6 Å². The normalized spacial score (nSPS) is 13.1. The molecule has 28 heavy (non-hydrogen) atoms. The molecule has 0 saturated heterocycles. The molecule has 0 bridgehead atoms. The van der Waals surface area contributed by atoms with E-state index in [0.717, 1.165) is 17.2 Å². The van der Waals surface area contributed by atoms with Gasteiger partial charge in [0.1, 0.15) is 0 Å². The maximum Gasteiger partial charge on any atom is 0.247 e. The first-order chi connectivity index (χ1) is 13.3. The van der Waals surface area contributed by atoms with Gasteiger partial charge < -0.3 is 14.6 Å². The summed E-state index contributed by atoms with van der Waals surface area (Å²) >= 11 is 6.24. The van der Waals surface area contributed by atoms with Gasteiger partial charge in [0.2, 0.25) is 17.5 Å². The molecular formula is C20H17ClFN3O3. The molecule has 2 atom stereocenters. The zero-order chi connectivity index (χ0) is 20.4. The smallest absolute Gasteiger partial charge is 0.247 e. The number of benzene rings is 2. The van der Waals surface area contributed by atoms with Crippen LogP contribution in [-0.2, 0) is 6.42 Å². The molecule has 0 fully saturated rings. The lowest BCUT2D eigenvalue weighted by molar-refractivity contribution is 0.148. The van der Waals surface area contributed by atoms with Gasteiger partial charge in [-0.05, 0) is 49.6 Å². The summed E-state index contributed by atoms with van der Waals surface area (Å²) in [4.78, 5) is 3.37. The summed E-state index contributed by atoms with van der Waals surface area (Å²) < 4.78 is 19.2. The van der Waals surface area contributed by atoms with Gasteiger partial charge >= 0.3 is 0 Å². The number of aromatic nitrogens is 2. The molecule has 1 aromatic heterocycles. The van der Waals surface area contributed by atoms with Crippen LogP contribution in [0.5, 0.6) is 5.75 Å². The monoisotopic (exact) mass is 401 g/mol. The summed E-state index contributed by atoms with van der Waals surface area (Å²) in [5, 5.41) is 27.9. The fourth-order valence-electron chi connectivity index (χ4n) is 2.86. The number of halogens is 2. The second-order valence-electron chi connectivity index (χ2n) is 6.46. The Hall–Kier alpha value is -2.95. The van der Waals surface area contributed by atoms with E-state index in [-0.39, 0.29) is 11.8 Å². The summed E-state index contributed by atoms with van der Waals surface area (Å²) in [5.41, 5.74) is 2.28. The summed E-state index contributed by atoms with van der Waals surface area (Å²) in [7, 11) is 0. The number of aliphatic hydroxyl groups excluding tert-OH is 1. The largest absolute Gasteiger partial charge is 0.505 e. The second kappa shape index (κ2) is 7.97. The highest BCUT2D eigenvalue weighted by atomic mass is 35.5. The van der Waals surface area contributed by atoms with Crippen LogP contribution in [0.2, 0.25) is 5.02 Å². The zero-order valence-electron chi connectivity index (χ0n) is 15.1. The Bertz CT molecular complexity index is 1060. The van der Waals surface area contributed by atoms with Crippen molar-refractivity contribution in [2.45, 2.75) is 32.3 Å². The van der Waals surface area contributed by atoms with E-state index >= 15 is 0 Å². The first-order valence-corrected chi connectivity index (χ1v) is 8.85. The molecule has 2 aromatic carbocycles. The van der Waals surface area contributed by atoms with Crippen LogP contribution in [0.25, 0.3) is 16.3 Å². The van der Waals surface area contributed by atoms with Gasteiger partial charge in [-0.2, -0.15) is 0 Å². The Balaban J connectivity index is 1.92. The number of aromatic hydroxyl groups is 1. The topological polar surface area (TPSA) is 83.7 Å². The van der Waals surface area contributed by atoms with Gasteiger partial charge in [0.25, 0.3) is 0 Å². The third-order valence-corrected chi connectivity index (χ3v) is 5.05. The number of rotatable bonds is 5. The lowest BCUT2D eigenvalue weighted by atomic mass is 9.92. The van der Waals surface area contributed by atoms with Crippen molar-refractivity contribution in [1.82, 2.24) is 10.2 Å². The molecule has 0 saturated carbocycles. The third-order valence-electron chi connectivity index (χ3n) is 4.57. The molecule has 1 heterocycles. The molecule has 0 aliphatic heterocycles. The van der Waals surface area contributed by atoms with E-state index in [9.17, 15) is 14.6 Å². The van der Waals surface area contributed by atoms with Crippen molar-refractivity contribution < 1.29 is 19.0 Å². The molecule has 0 aliphatic rings. The number of phenols is 1. The molecule has 0 aliphatic carbocycles. The van der Waals surface area contributed by atoms with Crippen molar-refractivity contribution in [3.63, 3.8) is 0 Å². The quantitative estimate of drug-likeness (QED) is 0.600. The average molecular weight is 402 g/mol. The van der Waals surface area contributed by atoms with Gasteiger partial charge in [-0.25, -0.2) is 9.24 Å². The molecule has 0 spiro atoms. The Morgan fingerprint density at radius 1 is 1.29 bits per heavy atom. The van der Waals surface area contributed by atoms with Crippen LogP contribution in [-0.4, -0.2) is 26.5 Å². The minimum atomic E-state index is -0.802. The fourth-order valence-corrected chi connectivity index (χ4v) is 3.09. The molecule has 6 nitrogen and oxygen atoms in total. The summed E-state index contributed by atoms with van der Waals surface area (Å²) in [5.74, 6) is -1.51. The number of aliphatic hydroxyl groups is 1. The Morgan fingerprint density at radius 2 is 2.04 bits per heavy atom. The van der Waals surface area contributed by atoms with Crippen LogP contribution >= 0.6 is 11.6 Å². The summed E-state index contributed by atoms with van der Waals surface area (Å²) in [6.45, 7) is 10.6. The second-order valence-corrected chi connectivity index (χ2v) is 6.84. The van der Waals surface area contributed by atoms with E-state index in [1.807, 2.05) is 6.92 Å². The lowest BCUT2D eigenvalue weighted by Crippen LogP contribution is -2.18. The molecule has 0 amide bonds. The maximum absolute atomic E-state index is 13.6. The first kappa shape index (κ1) is 19.8. The molecule has 2 N–H and O–H groups in total. The Kier molecular flexibility index (Phi) is 5.63. The fraction of sp³-hybridized carbons (Fsp3) is 0.250. The van der Waals surface area contributed by atoms with Crippen molar-refractivity contribution in [2.24, 2.45) is 0 Å². The van der Waals surface area contributed by atoms with Crippen molar-refractivity contribution in [2.75, 3.05) is 0 Å². The predicted molar refractivity (Wildman–Crippen MR) is 102 cm³/mol. The molecular weight excluding hydrogens is 385 g/mol. The molecule has 8 heteroatoms. The first-order valence-electron chi connectivity index (χ1n) is 8.47. The van der Waals surface area contributed by atoms with Crippen molar-refractivity contribution >= 4 is 17.3 Å². The van der Waals surface area contributed by atoms with Crippen molar-refractivity contribution in [3.8, 4) is 17.2 Å². The number of hydrogen-bond donors (Lipinski definition) is 2. The maximum atomic E-state index is 13.6. The summed E-state index contributed by atoms with van der Waals surface area (Å²) in [6.07, 6.45) is -0.434. The van der Waals surface area contributed by atoms with Crippen LogP contribution in [0.1, 0.15) is 29.9 Å². The predicted octanol–water partition coefficient (Wildman–Crippen LogP) is 4.80. The van der Waals surface area contributed by atoms with E-state index in [1.54, 1.807) is 19.1 Å². The van der Waals surface area contributed by atoms with Crippen molar-refractivity contribution in [3.05, 3.63) is 69.6 Å². The highest BCUT2D eigenvalue weighted by molar-refractivity contribution is 6.34. The van der Waals surface area contributed by atoms with E-state index < -0.39 is 23.6 Å². The molecule has 3 aromatic rings. The van der Waals surface area contributed by atoms with Gasteiger partial charge in [-0.15, -0.1) is 10.2 Å². The van der Waals surface area contributed by atoms with Crippen LogP contribution in [0.4, 0.5) is 10.1 Å². The van der Waals surface area contributed by atoms with E-state index in [4.69, 9.17) is 22.6 Å². The van der Waals surface area contributed by atoms with Gasteiger partial charge in [0.05, 0.1) is 23.6 Å². The van der Waals surface area contributed by atoms with Gasteiger partial charge in [-0.3, -0.25) is 0 Å². The standard InChI is InChI=1S/C20H17ClFN3O3/c1-10-12(4-6-16(23-3)18(10)21)8-14(11(2)26)20-25-24-19(28-20)13-5-7-17(27)15(22)9-13/h4-7,9,11,14,26-27H,8H2,1-2H3/t11-,14+/m0/s1. The van der Waals surface area contributed by atoms with Gasteiger partial charge in [-0.1, -0.05) is 23.7 Å². The highest BCUT2D eigenvalue weighted by Gasteiger charge is 2.26. The zero-order valence-corrected chi connectivity index (χ0v) is 15.9. The van der Waals surface area contributed by atoms with Crippen LogP contribution in [0, 0.1) is 19.3 Å².